The van der Waals surface area contributed by atoms with E-state index in [9.17, 15) is 0 Å². The summed E-state index contributed by atoms with van der Waals surface area (Å²) in [6.45, 7) is 4.90. The quantitative estimate of drug-likeness (QED) is 0.796. The highest BCUT2D eigenvalue weighted by molar-refractivity contribution is 6.30. The van der Waals surface area contributed by atoms with Crippen molar-refractivity contribution in [3.8, 4) is 5.75 Å². The first-order valence-electron chi connectivity index (χ1n) is 8.67. The summed E-state index contributed by atoms with van der Waals surface area (Å²) < 4.78 is 5.82. The highest BCUT2D eigenvalue weighted by Crippen LogP contribution is 2.16. The Kier molecular flexibility index (Phi) is 6.53. The summed E-state index contributed by atoms with van der Waals surface area (Å²) in [5.41, 5.74) is 2.41. The highest BCUT2D eigenvalue weighted by atomic mass is 35.5. The van der Waals surface area contributed by atoms with Crippen molar-refractivity contribution in [1.29, 1.82) is 0 Å². The first-order valence-corrected chi connectivity index (χ1v) is 9.05. The molecular weight excluding hydrogens is 320 g/mol. The van der Waals surface area contributed by atoms with Crippen LogP contribution in [-0.2, 0) is 13.2 Å². The van der Waals surface area contributed by atoms with E-state index in [0.29, 0.717) is 6.61 Å². The third kappa shape index (κ3) is 5.52. The minimum atomic E-state index is 0.560. The van der Waals surface area contributed by atoms with Crippen molar-refractivity contribution in [2.24, 2.45) is 5.92 Å². The van der Waals surface area contributed by atoms with Gasteiger partial charge in [-0.3, -0.25) is 0 Å². The predicted molar refractivity (Wildman–Crippen MR) is 99.5 cm³/mol. The lowest BCUT2D eigenvalue weighted by molar-refractivity contribution is 0.306. The van der Waals surface area contributed by atoms with E-state index in [4.69, 9.17) is 16.3 Å². The molecule has 1 aliphatic heterocycles. The Bertz CT molecular complexity index is 607. The number of hydrogen-bond donors (Lipinski definition) is 2. The van der Waals surface area contributed by atoms with Gasteiger partial charge >= 0.3 is 0 Å². The van der Waals surface area contributed by atoms with E-state index in [0.717, 1.165) is 48.4 Å². The first-order chi connectivity index (χ1) is 11.8. The van der Waals surface area contributed by atoms with Crippen molar-refractivity contribution >= 4 is 11.6 Å². The van der Waals surface area contributed by atoms with Gasteiger partial charge in [0.1, 0.15) is 12.4 Å². The van der Waals surface area contributed by atoms with Crippen molar-refractivity contribution < 1.29 is 4.74 Å². The molecule has 2 aromatic carbocycles. The van der Waals surface area contributed by atoms with E-state index < -0.39 is 0 Å². The molecule has 0 aliphatic carbocycles. The minimum absolute atomic E-state index is 0.560. The minimum Gasteiger partial charge on any atom is -0.489 e. The Balaban J connectivity index is 1.40. The van der Waals surface area contributed by atoms with Crippen LogP contribution in [0.15, 0.2) is 48.5 Å². The maximum Gasteiger partial charge on any atom is 0.119 e. The number of hydrogen-bond acceptors (Lipinski definition) is 3. The average Bonchev–Trinajstić information content (AvgIpc) is 2.63. The van der Waals surface area contributed by atoms with Crippen LogP contribution in [-0.4, -0.2) is 19.6 Å². The van der Waals surface area contributed by atoms with Crippen molar-refractivity contribution in [2.45, 2.75) is 26.0 Å². The summed E-state index contributed by atoms with van der Waals surface area (Å²) in [6.07, 6.45) is 2.56. The van der Waals surface area contributed by atoms with Gasteiger partial charge in [0.05, 0.1) is 0 Å². The smallest absolute Gasteiger partial charge is 0.119 e. The SMILES string of the molecule is Clc1ccc(COc2ccc(CNCC3CCNCC3)cc2)cc1. The number of piperidine rings is 1. The molecule has 128 valence electrons. The summed E-state index contributed by atoms with van der Waals surface area (Å²) >= 11 is 5.89. The second-order valence-electron chi connectivity index (χ2n) is 6.38. The van der Waals surface area contributed by atoms with Crippen LogP contribution in [0.25, 0.3) is 0 Å². The van der Waals surface area contributed by atoms with Crippen LogP contribution in [0, 0.1) is 5.92 Å². The van der Waals surface area contributed by atoms with Crippen LogP contribution in [0.2, 0.25) is 5.02 Å². The van der Waals surface area contributed by atoms with Gasteiger partial charge < -0.3 is 15.4 Å². The largest absolute Gasteiger partial charge is 0.489 e. The van der Waals surface area contributed by atoms with Crippen molar-refractivity contribution in [3.05, 3.63) is 64.7 Å². The second-order valence-corrected chi connectivity index (χ2v) is 6.82. The molecule has 0 spiro atoms. The third-order valence-corrected chi connectivity index (χ3v) is 4.71. The van der Waals surface area contributed by atoms with E-state index in [1.54, 1.807) is 0 Å². The zero-order valence-corrected chi connectivity index (χ0v) is 14.7. The molecule has 3 nitrogen and oxygen atoms in total. The normalized spacial score (nSPS) is 15.4. The van der Waals surface area contributed by atoms with Gasteiger partial charge in [-0.15, -0.1) is 0 Å². The van der Waals surface area contributed by atoms with Crippen molar-refractivity contribution in [1.82, 2.24) is 10.6 Å². The van der Waals surface area contributed by atoms with E-state index in [2.05, 4.69) is 22.8 Å². The van der Waals surface area contributed by atoms with Gasteiger partial charge in [0.25, 0.3) is 0 Å². The second kappa shape index (κ2) is 9.07. The zero-order valence-electron chi connectivity index (χ0n) is 13.9. The summed E-state index contributed by atoms with van der Waals surface area (Å²) in [7, 11) is 0. The predicted octanol–water partition coefficient (Wildman–Crippen LogP) is 4.01. The Morgan fingerprint density at radius 3 is 2.33 bits per heavy atom. The van der Waals surface area contributed by atoms with Crippen molar-refractivity contribution in [2.75, 3.05) is 19.6 Å². The number of ether oxygens (including phenoxy) is 1. The summed E-state index contributed by atoms with van der Waals surface area (Å²) in [5, 5.41) is 7.73. The maximum absolute atomic E-state index is 5.89. The topological polar surface area (TPSA) is 33.3 Å². The molecule has 4 heteroatoms. The van der Waals surface area contributed by atoms with Gasteiger partial charge in [0.2, 0.25) is 0 Å². The standard InChI is InChI=1S/C20H25ClN2O/c21-19-5-1-18(2-6-19)15-24-20-7-3-16(4-8-20)13-23-14-17-9-11-22-12-10-17/h1-8,17,22-23H,9-15H2. The van der Waals surface area contributed by atoms with Gasteiger partial charge in [0, 0.05) is 11.6 Å². The molecule has 3 rings (SSSR count). The average molecular weight is 345 g/mol. The molecule has 1 saturated heterocycles. The molecule has 2 N–H and O–H groups in total. The summed E-state index contributed by atoms with van der Waals surface area (Å²) in [5.74, 6) is 1.71. The Labute approximate surface area is 149 Å². The van der Waals surface area contributed by atoms with E-state index in [1.165, 1.54) is 18.4 Å². The Hall–Kier alpha value is -1.55. The van der Waals surface area contributed by atoms with E-state index >= 15 is 0 Å². The maximum atomic E-state index is 5.89. The fraction of sp³-hybridized carbons (Fsp3) is 0.400. The highest BCUT2D eigenvalue weighted by Gasteiger charge is 2.11. The number of benzene rings is 2. The Morgan fingerprint density at radius 2 is 1.62 bits per heavy atom. The van der Waals surface area contributed by atoms with Gasteiger partial charge in [0.15, 0.2) is 0 Å². The van der Waals surface area contributed by atoms with Crippen LogP contribution in [0.5, 0.6) is 5.75 Å². The molecule has 1 aliphatic rings. The number of nitrogens with one attached hydrogen (secondary N) is 2. The molecule has 0 saturated carbocycles. The van der Waals surface area contributed by atoms with Crippen LogP contribution in [0.1, 0.15) is 24.0 Å². The monoisotopic (exact) mass is 344 g/mol. The zero-order chi connectivity index (χ0) is 16.6. The molecular formula is C20H25ClN2O. The van der Waals surface area contributed by atoms with E-state index in [-0.39, 0.29) is 0 Å². The van der Waals surface area contributed by atoms with E-state index in [1.807, 2.05) is 36.4 Å². The van der Waals surface area contributed by atoms with Crippen LogP contribution in [0.4, 0.5) is 0 Å². The Morgan fingerprint density at radius 1 is 0.958 bits per heavy atom. The van der Waals surface area contributed by atoms with Gasteiger partial charge in [-0.25, -0.2) is 0 Å². The lowest BCUT2D eigenvalue weighted by atomic mass is 9.98. The fourth-order valence-corrected chi connectivity index (χ4v) is 3.08. The van der Waals surface area contributed by atoms with Crippen LogP contribution >= 0.6 is 11.6 Å². The lowest BCUT2D eigenvalue weighted by Gasteiger charge is -2.22. The number of halogens is 1. The molecule has 0 bridgehead atoms. The molecule has 1 fully saturated rings. The third-order valence-electron chi connectivity index (χ3n) is 4.46. The van der Waals surface area contributed by atoms with Gasteiger partial charge in [-0.2, -0.15) is 0 Å². The molecule has 2 aromatic rings. The molecule has 1 heterocycles. The first kappa shape index (κ1) is 17.3. The summed E-state index contributed by atoms with van der Waals surface area (Å²) in [6, 6.07) is 16.1. The number of rotatable bonds is 7. The molecule has 24 heavy (non-hydrogen) atoms. The lowest BCUT2D eigenvalue weighted by Crippen LogP contribution is -2.33. The van der Waals surface area contributed by atoms with Crippen LogP contribution in [0.3, 0.4) is 0 Å². The van der Waals surface area contributed by atoms with Crippen LogP contribution < -0.4 is 15.4 Å². The molecule has 0 radical (unpaired) electrons. The molecule has 0 unspecified atom stereocenters. The molecule has 0 amide bonds. The molecule has 0 aromatic heterocycles. The fourth-order valence-electron chi connectivity index (χ4n) is 2.96. The summed E-state index contributed by atoms with van der Waals surface area (Å²) in [4.78, 5) is 0. The molecule has 0 atom stereocenters. The van der Waals surface area contributed by atoms with Gasteiger partial charge in [-0.1, -0.05) is 35.9 Å². The van der Waals surface area contributed by atoms with Crippen molar-refractivity contribution in [3.63, 3.8) is 0 Å². The van der Waals surface area contributed by atoms with Gasteiger partial charge in [-0.05, 0) is 73.8 Å².